The first-order valence-electron chi connectivity index (χ1n) is 8.88. The van der Waals surface area contributed by atoms with Crippen molar-refractivity contribution in [3.05, 3.63) is 46.0 Å². The number of rotatable bonds is 4. The summed E-state index contributed by atoms with van der Waals surface area (Å²) in [5.74, 6) is 0.582. The molecule has 2 aromatic heterocycles. The number of carbonyl (C=O) groups is 1. The van der Waals surface area contributed by atoms with E-state index in [9.17, 15) is 4.79 Å². The molecular formula is C19H18BrClN4O2S. The van der Waals surface area contributed by atoms with E-state index in [0.717, 1.165) is 33.0 Å². The van der Waals surface area contributed by atoms with Gasteiger partial charge in [0.2, 0.25) is 0 Å². The minimum atomic E-state index is -0.573. The van der Waals surface area contributed by atoms with Crippen molar-refractivity contribution in [2.24, 2.45) is 0 Å². The Bertz CT molecular complexity index is 974. The van der Waals surface area contributed by atoms with Crippen molar-refractivity contribution in [2.45, 2.75) is 13.0 Å². The lowest BCUT2D eigenvalue weighted by Gasteiger charge is -2.35. The highest BCUT2D eigenvalue weighted by molar-refractivity contribution is 9.10. The van der Waals surface area contributed by atoms with Gasteiger partial charge in [-0.25, -0.2) is 9.97 Å². The molecule has 4 rings (SSSR count). The standard InChI is InChI=1S/C19H18BrClN4O2S/c1-12(27-16-5-4-13(21)11-14(16)20)18(26)24-7-9-25(10-8-24)19-23-15-3-2-6-22-17(15)28-19/h2-6,11-12H,7-10H2,1H3. The van der Waals surface area contributed by atoms with Crippen LogP contribution in [0.15, 0.2) is 41.0 Å². The molecule has 1 aliphatic rings. The van der Waals surface area contributed by atoms with Crippen LogP contribution in [0.1, 0.15) is 6.92 Å². The van der Waals surface area contributed by atoms with Crippen LogP contribution >= 0.6 is 38.9 Å². The third kappa shape index (κ3) is 4.09. The number of fused-ring (bicyclic) bond motifs is 1. The van der Waals surface area contributed by atoms with E-state index in [1.54, 1.807) is 42.7 Å². The Morgan fingerprint density at radius 1 is 1.29 bits per heavy atom. The van der Waals surface area contributed by atoms with Crippen molar-refractivity contribution in [3.63, 3.8) is 0 Å². The molecule has 3 aromatic rings. The lowest BCUT2D eigenvalue weighted by molar-refractivity contribution is -0.138. The average molecular weight is 482 g/mol. The van der Waals surface area contributed by atoms with E-state index in [1.807, 2.05) is 17.0 Å². The zero-order chi connectivity index (χ0) is 19.7. The molecule has 1 amide bonds. The Morgan fingerprint density at radius 2 is 2.07 bits per heavy atom. The van der Waals surface area contributed by atoms with Crippen molar-refractivity contribution < 1.29 is 9.53 Å². The van der Waals surface area contributed by atoms with Gasteiger partial charge in [-0.2, -0.15) is 0 Å². The molecule has 0 radical (unpaired) electrons. The molecule has 0 spiro atoms. The van der Waals surface area contributed by atoms with Crippen LogP contribution in [-0.4, -0.2) is 53.1 Å². The molecule has 28 heavy (non-hydrogen) atoms. The molecule has 6 nitrogen and oxygen atoms in total. The number of carbonyl (C=O) groups excluding carboxylic acids is 1. The van der Waals surface area contributed by atoms with Crippen LogP contribution in [0, 0.1) is 0 Å². The molecular weight excluding hydrogens is 464 g/mol. The molecule has 1 aliphatic heterocycles. The lowest BCUT2D eigenvalue weighted by Crippen LogP contribution is -2.52. The number of amides is 1. The molecule has 1 atom stereocenters. The first-order valence-corrected chi connectivity index (χ1v) is 10.9. The number of pyridine rings is 1. The topological polar surface area (TPSA) is 58.6 Å². The van der Waals surface area contributed by atoms with E-state index in [-0.39, 0.29) is 5.91 Å². The molecule has 1 fully saturated rings. The quantitative estimate of drug-likeness (QED) is 0.558. The van der Waals surface area contributed by atoms with E-state index in [2.05, 4.69) is 30.8 Å². The fourth-order valence-electron chi connectivity index (χ4n) is 3.08. The molecule has 9 heteroatoms. The van der Waals surface area contributed by atoms with Crippen molar-refractivity contribution in [1.82, 2.24) is 14.9 Å². The van der Waals surface area contributed by atoms with Crippen LogP contribution in [0.5, 0.6) is 5.75 Å². The third-order valence-corrected chi connectivity index (χ3v) is 6.46. The number of aromatic nitrogens is 2. The zero-order valence-corrected chi connectivity index (χ0v) is 18.3. The first-order chi connectivity index (χ1) is 13.5. The van der Waals surface area contributed by atoms with Gasteiger partial charge in [0, 0.05) is 37.4 Å². The van der Waals surface area contributed by atoms with Crippen molar-refractivity contribution in [2.75, 3.05) is 31.1 Å². The molecule has 0 aliphatic carbocycles. The fourth-order valence-corrected chi connectivity index (χ4v) is 4.82. The number of hydrogen-bond acceptors (Lipinski definition) is 6. The Morgan fingerprint density at radius 3 is 2.79 bits per heavy atom. The number of nitrogens with zero attached hydrogens (tertiary/aromatic N) is 4. The van der Waals surface area contributed by atoms with Gasteiger partial charge < -0.3 is 14.5 Å². The lowest BCUT2D eigenvalue weighted by atomic mass is 10.2. The van der Waals surface area contributed by atoms with Gasteiger partial charge in [-0.05, 0) is 53.2 Å². The minimum absolute atomic E-state index is 0.0209. The van der Waals surface area contributed by atoms with E-state index < -0.39 is 6.10 Å². The predicted molar refractivity (Wildman–Crippen MR) is 115 cm³/mol. The second-order valence-electron chi connectivity index (χ2n) is 6.47. The second kappa shape index (κ2) is 8.23. The maximum Gasteiger partial charge on any atom is 0.263 e. The molecule has 1 unspecified atom stereocenters. The highest BCUT2D eigenvalue weighted by Gasteiger charge is 2.27. The number of benzene rings is 1. The van der Waals surface area contributed by atoms with Crippen molar-refractivity contribution in [3.8, 4) is 5.75 Å². The van der Waals surface area contributed by atoms with Gasteiger partial charge in [-0.1, -0.05) is 22.9 Å². The van der Waals surface area contributed by atoms with Gasteiger partial charge in [-0.15, -0.1) is 0 Å². The van der Waals surface area contributed by atoms with Gasteiger partial charge in [0.05, 0.1) is 4.47 Å². The smallest absolute Gasteiger partial charge is 0.263 e. The summed E-state index contributed by atoms with van der Waals surface area (Å²) in [4.78, 5) is 26.8. The summed E-state index contributed by atoms with van der Waals surface area (Å²) in [6, 6.07) is 9.11. The van der Waals surface area contributed by atoms with Crippen LogP contribution in [0.4, 0.5) is 5.13 Å². The maximum absolute atomic E-state index is 12.8. The molecule has 0 N–H and O–H groups in total. The van der Waals surface area contributed by atoms with Gasteiger partial charge in [0.15, 0.2) is 11.2 Å². The van der Waals surface area contributed by atoms with Gasteiger partial charge in [0.25, 0.3) is 5.91 Å². The monoisotopic (exact) mass is 480 g/mol. The van der Waals surface area contributed by atoms with Gasteiger partial charge in [0.1, 0.15) is 16.1 Å². The Labute approximate surface area is 180 Å². The number of piperazine rings is 1. The molecule has 146 valence electrons. The normalized spacial score (nSPS) is 15.7. The summed E-state index contributed by atoms with van der Waals surface area (Å²) >= 11 is 11.0. The number of ether oxygens (including phenoxy) is 1. The van der Waals surface area contributed by atoms with E-state index >= 15 is 0 Å². The molecule has 0 bridgehead atoms. The third-order valence-electron chi connectivity index (χ3n) is 4.56. The Hall–Kier alpha value is -1.90. The largest absolute Gasteiger partial charge is 0.480 e. The predicted octanol–water partition coefficient (Wildman–Crippen LogP) is 4.22. The fraction of sp³-hybridized carbons (Fsp3) is 0.316. The highest BCUT2D eigenvalue weighted by atomic mass is 79.9. The summed E-state index contributed by atoms with van der Waals surface area (Å²) in [6.07, 6.45) is 1.21. The van der Waals surface area contributed by atoms with Crippen LogP contribution in [0.2, 0.25) is 5.02 Å². The molecule has 1 saturated heterocycles. The van der Waals surface area contributed by atoms with Crippen LogP contribution in [0.25, 0.3) is 10.3 Å². The molecule has 0 saturated carbocycles. The zero-order valence-electron chi connectivity index (χ0n) is 15.1. The second-order valence-corrected chi connectivity index (χ2v) is 8.72. The van der Waals surface area contributed by atoms with E-state index in [0.29, 0.717) is 23.9 Å². The molecule has 1 aromatic carbocycles. The van der Waals surface area contributed by atoms with Crippen LogP contribution < -0.4 is 9.64 Å². The van der Waals surface area contributed by atoms with Crippen molar-refractivity contribution in [1.29, 1.82) is 0 Å². The number of halogens is 2. The Balaban J connectivity index is 1.36. The Kier molecular flexibility index (Phi) is 5.70. The van der Waals surface area contributed by atoms with Gasteiger partial charge in [-0.3, -0.25) is 4.79 Å². The average Bonchev–Trinajstić information content (AvgIpc) is 3.14. The maximum atomic E-state index is 12.8. The summed E-state index contributed by atoms with van der Waals surface area (Å²) in [7, 11) is 0. The summed E-state index contributed by atoms with van der Waals surface area (Å²) < 4.78 is 6.57. The summed E-state index contributed by atoms with van der Waals surface area (Å²) in [5.41, 5.74) is 0.913. The van der Waals surface area contributed by atoms with E-state index in [1.165, 1.54) is 0 Å². The highest BCUT2D eigenvalue weighted by Crippen LogP contribution is 2.30. The van der Waals surface area contributed by atoms with Gasteiger partial charge >= 0.3 is 0 Å². The SMILES string of the molecule is CC(Oc1ccc(Cl)cc1Br)C(=O)N1CCN(c2nc3cccnc3s2)CC1. The summed E-state index contributed by atoms with van der Waals surface area (Å²) in [6.45, 7) is 4.52. The van der Waals surface area contributed by atoms with E-state index in [4.69, 9.17) is 16.3 Å². The summed E-state index contributed by atoms with van der Waals surface area (Å²) in [5, 5.41) is 1.56. The first kappa shape index (κ1) is 19.4. The number of thiazole rings is 1. The van der Waals surface area contributed by atoms with Crippen molar-refractivity contribution >= 4 is 60.3 Å². The molecule has 3 heterocycles. The van der Waals surface area contributed by atoms with Crippen LogP contribution in [-0.2, 0) is 4.79 Å². The number of anilines is 1. The number of hydrogen-bond donors (Lipinski definition) is 0. The minimum Gasteiger partial charge on any atom is -0.480 e. The van der Waals surface area contributed by atoms with Crippen LogP contribution in [0.3, 0.4) is 0 Å².